The summed E-state index contributed by atoms with van der Waals surface area (Å²) in [6.07, 6.45) is 3.24. The van der Waals surface area contributed by atoms with Crippen LogP contribution in [0.1, 0.15) is 37.7 Å². The van der Waals surface area contributed by atoms with Crippen LogP contribution in [0.4, 0.5) is 0 Å². The van der Waals surface area contributed by atoms with Gasteiger partial charge >= 0.3 is 0 Å². The number of morpholine rings is 1. The fourth-order valence-electron chi connectivity index (χ4n) is 3.27. The van der Waals surface area contributed by atoms with Gasteiger partial charge < -0.3 is 14.4 Å². The molecule has 0 spiro atoms. The number of benzene rings is 1. The van der Waals surface area contributed by atoms with E-state index in [0.29, 0.717) is 24.9 Å². The first-order valence-corrected chi connectivity index (χ1v) is 8.20. The number of hydrogen-bond donors (Lipinski definition) is 0. The standard InChI is InChI=1S/C18H25NO3/c1-13-12-19(9-10-22-13)18(20)11-17(14-3-4-14)15-5-7-16(21-2)8-6-15/h5-8,13-14,17H,3-4,9-12H2,1-2H3. The second kappa shape index (κ2) is 6.69. The highest BCUT2D eigenvalue weighted by molar-refractivity contribution is 5.77. The number of carbonyl (C=O) groups is 1. The van der Waals surface area contributed by atoms with Gasteiger partial charge in [-0.05, 0) is 49.3 Å². The number of ether oxygens (including phenoxy) is 2. The number of hydrogen-bond acceptors (Lipinski definition) is 3. The second-order valence-electron chi connectivity index (χ2n) is 6.44. The summed E-state index contributed by atoms with van der Waals surface area (Å²) in [6.45, 7) is 4.13. The van der Waals surface area contributed by atoms with Crippen LogP contribution in [-0.2, 0) is 9.53 Å². The van der Waals surface area contributed by atoms with Gasteiger partial charge in [0.25, 0.3) is 0 Å². The van der Waals surface area contributed by atoms with Gasteiger partial charge in [-0.25, -0.2) is 0 Å². The summed E-state index contributed by atoms with van der Waals surface area (Å²) in [5.74, 6) is 2.14. The monoisotopic (exact) mass is 303 g/mol. The minimum Gasteiger partial charge on any atom is -0.497 e. The van der Waals surface area contributed by atoms with E-state index in [1.807, 2.05) is 24.0 Å². The molecule has 1 amide bonds. The minimum atomic E-state index is 0.151. The van der Waals surface area contributed by atoms with Gasteiger partial charge in [-0.1, -0.05) is 12.1 Å². The van der Waals surface area contributed by atoms with Crippen molar-refractivity contribution in [2.45, 2.75) is 38.2 Å². The highest BCUT2D eigenvalue weighted by atomic mass is 16.5. The lowest BCUT2D eigenvalue weighted by Crippen LogP contribution is -2.44. The number of carbonyl (C=O) groups excluding carboxylic acids is 1. The Bertz CT molecular complexity index is 510. The molecule has 1 saturated heterocycles. The lowest BCUT2D eigenvalue weighted by molar-refractivity contribution is -0.138. The molecule has 0 radical (unpaired) electrons. The van der Waals surface area contributed by atoms with Crippen LogP contribution in [0.25, 0.3) is 0 Å². The van der Waals surface area contributed by atoms with Gasteiger partial charge in [0, 0.05) is 19.5 Å². The SMILES string of the molecule is COc1ccc(C(CC(=O)N2CCOC(C)C2)C2CC2)cc1. The van der Waals surface area contributed by atoms with Crippen molar-refractivity contribution in [3.8, 4) is 5.75 Å². The predicted octanol–water partition coefficient (Wildman–Crippen LogP) is 2.83. The van der Waals surface area contributed by atoms with Gasteiger partial charge in [0.2, 0.25) is 5.91 Å². The summed E-state index contributed by atoms with van der Waals surface area (Å²) in [4.78, 5) is 14.6. The van der Waals surface area contributed by atoms with E-state index >= 15 is 0 Å². The van der Waals surface area contributed by atoms with Crippen LogP contribution < -0.4 is 4.74 Å². The maximum Gasteiger partial charge on any atom is 0.223 e. The molecule has 1 aliphatic heterocycles. The fourth-order valence-corrected chi connectivity index (χ4v) is 3.27. The van der Waals surface area contributed by atoms with Gasteiger partial charge in [-0.2, -0.15) is 0 Å². The third-order valence-electron chi connectivity index (χ3n) is 4.72. The summed E-state index contributed by atoms with van der Waals surface area (Å²) >= 11 is 0. The molecular weight excluding hydrogens is 278 g/mol. The Morgan fingerprint density at radius 3 is 2.68 bits per heavy atom. The summed E-state index contributed by atoms with van der Waals surface area (Å²) in [5, 5.41) is 0. The van der Waals surface area contributed by atoms with Crippen molar-refractivity contribution < 1.29 is 14.3 Å². The average Bonchev–Trinajstić information content (AvgIpc) is 3.37. The van der Waals surface area contributed by atoms with Crippen LogP contribution in [0.15, 0.2) is 24.3 Å². The number of rotatable bonds is 5. The van der Waals surface area contributed by atoms with Crippen molar-refractivity contribution in [1.29, 1.82) is 0 Å². The zero-order valence-corrected chi connectivity index (χ0v) is 13.5. The number of nitrogens with zero attached hydrogens (tertiary/aromatic N) is 1. The van der Waals surface area contributed by atoms with E-state index in [9.17, 15) is 4.79 Å². The van der Waals surface area contributed by atoms with Crippen molar-refractivity contribution in [2.75, 3.05) is 26.8 Å². The first kappa shape index (κ1) is 15.3. The normalized spacial score (nSPS) is 23.2. The fraction of sp³-hybridized carbons (Fsp3) is 0.611. The molecule has 0 N–H and O–H groups in total. The molecule has 2 atom stereocenters. The first-order chi connectivity index (χ1) is 10.7. The molecule has 1 heterocycles. The van der Waals surface area contributed by atoms with Crippen LogP contribution in [0.5, 0.6) is 5.75 Å². The van der Waals surface area contributed by atoms with Crippen molar-refractivity contribution in [1.82, 2.24) is 4.90 Å². The minimum absolute atomic E-state index is 0.151. The second-order valence-corrected chi connectivity index (χ2v) is 6.44. The van der Waals surface area contributed by atoms with E-state index in [4.69, 9.17) is 9.47 Å². The molecule has 0 bridgehead atoms. The molecule has 0 aromatic heterocycles. The summed E-state index contributed by atoms with van der Waals surface area (Å²) in [5.41, 5.74) is 1.26. The molecule has 2 fully saturated rings. The van der Waals surface area contributed by atoms with Crippen LogP contribution in [0.2, 0.25) is 0 Å². The third-order valence-corrected chi connectivity index (χ3v) is 4.72. The Hall–Kier alpha value is -1.55. The lowest BCUT2D eigenvalue weighted by Gasteiger charge is -2.32. The topological polar surface area (TPSA) is 38.8 Å². The smallest absolute Gasteiger partial charge is 0.223 e. The molecule has 3 rings (SSSR count). The third kappa shape index (κ3) is 3.61. The first-order valence-electron chi connectivity index (χ1n) is 8.20. The van der Waals surface area contributed by atoms with Crippen LogP contribution >= 0.6 is 0 Å². The Labute approximate surface area is 132 Å². The molecule has 2 unspecified atom stereocenters. The maximum absolute atomic E-state index is 12.6. The van der Waals surface area contributed by atoms with E-state index in [-0.39, 0.29) is 12.0 Å². The molecule has 1 aromatic carbocycles. The molecular formula is C18H25NO3. The van der Waals surface area contributed by atoms with Gasteiger partial charge in [-0.15, -0.1) is 0 Å². The Kier molecular flexibility index (Phi) is 4.67. The van der Waals surface area contributed by atoms with Gasteiger partial charge in [-0.3, -0.25) is 4.79 Å². The summed E-state index contributed by atoms with van der Waals surface area (Å²) in [6, 6.07) is 8.20. The van der Waals surface area contributed by atoms with Crippen LogP contribution in [0, 0.1) is 5.92 Å². The molecule has 22 heavy (non-hydrogen) atoms. The van der Waals surface area contributed by atoms with E-state index in [2.05, 4.69) is 12.1 Å². The van der Waals surface area contributed by atoms with Crippen LogP contribution in [0.3, 0.4) is 0 Å². The van der Waals surface area contributed by atoms with Crippen LogP contribution in [-0.4, -0.2) is 43.7 Å². The number of methoxy groups -OCH3 is 1. The van der Waals surface area contributed by atoms with Crippen molar-refractivity contribution in [3.05, 3.63) is 29.8 Å². The van der Waals surface area contributed by atoms with Crippen molar-refractivity contribution >= 4 is 5.91 Å². The molecule has 1 aliphatic carbocycles. The van der Waals surface area contributed by atoms with Crippen molar-refractivity contribution in [2.24, 2.45) is 5.92 Å². The molecule has 1 aromatic rings. The Morgan fingerprint density at radius 2 is 2.09 bits per heavy atom. The molecule has 4 heteroatoms. The van der Waals surface area contributed by atoms with Gasteiger partial charge in [0.1, 0.15) is 5.75 Å². The highest BCUT2D eigenvalue weighted by Gasteiger charge is 2.35. The highest BCUT2D eigenvalue weighted by Crippen LogP contribution is 2.45. The lowest BCUT2D eigenvalue weighted by atomic mass is 9.90. The summed E-state index contributed by atoms with van der Waals surface area (Å²) < 4.78 is 10.7. The predicted molar refractivity (Wildman–Crippen MR) is 85.1 cm³/mol. The molecule has 1 saturated carbocycles. The van der Waals surface area contributed by atoms with E-state index in [1.165, 1.54) is 18.4 Å². The zero-order valence-electron chi connectivity index (χ0n) is 13.5. The molecule has 2 aliphatic rings. The maximum atomic E-state index is 12.6. The van der Waals surface area contributed by atoms with Crippen molar-refractivity contribution in [3.63, 3.8) is 0 Å². The zero-order chi connectivity index (χ0) is 15.5. The quantitative estimate of drug-likeness (QED) is 0.839. The van der Waals surface area contributed by atoms with Gasteiger partial charge in [0.15, 0.2) is 0 Å². The Balaban J connectivity index is 1.67. The van der Waals surface area contributed by atoms with E-state index in [1.54, 1.807) is 7.11 Å². The molecule has 4 nitrogen and oxygen atoms in total. The molecule has 120 valence electrons. The average molecular weight is 303 g/mol. The van der Waals surface area contributed by atoms with Gasteiger partial charge in [0.05, 0.1) is 19.8 Å². The summed E-state index contributed by atoms with van der Waals surface area (Å²) in [7, 11) is 1.68. The Morgan fingerprint density at radius 1 is 1.36 bits per heavy atom. The largest absolute Gasteiger partial charge is 0.497 e. The van der Waals surface area contributed by atoms with E-state index < -0.39 is 0 Å². The number of amides is 1. The van der Waals surface area contributed by atoms with E-state index in [0.717, 1.165) is 18.8 Å².